The molecular weight excluding hydrogens is 351 g/mol. The van der Waals surface area contributed by atoms with Crippen molar-refractivity contribution in [3.05, 3.63) is 57.8 Å². The highest BCUT2D eigenvalue weighted by molar-refractivity contribution is 9.10. The van der Waals surface area contributed by atoms with Gasteiger partial charge in [0.15, 0.2) is 0 Å². The molecule has 2 aromatic rings. The van der Waals surface area contributed by atoms with Crippen LogP contribution in [-0.2, 0) is 4.79 Å². The molecule has 1 unspecified atom stereocenters. The Labute approximate surface area is 129 Å². The molecule has 0 spiro atoms. The fraction of sp³-hybridized carbons (Fsp3) is 0.0769. The predicted octanol–water partition coefficient (Wildman–Crippen LogP) is 4.42. The number of carbonyl (C=O) groups is 1. The van der Waals surface area contributed by atoms with Gasteiger partial charge in [-0.2, -0.15) is 0 Å². The lowest BCUT2D eigenvalue weighted by Gasteiger charge is -2.11. The monoisotopic (exact) mass is 358 g/mol. The number of rotatable bonds is 3. The van der Waals surface area contributed by atoms with E-state index in [0.717, 1.165) is 5.56 Å². The maximum atomic E-state index is 12.0. The van der Waals surface area contributed by atoms with E-state index in [9.17, 15) is 4.79 Å². The Hall–Kier alpha value is -1.10. The van der Waals surface area contributed by atoms with Crippen LogP contribution in [0.4, 0.5) is 5.69 Å². The zero-order chi connectivity index (χ0) is 13.8. The number of amides is 1. The first-order valence-corrected chi connectivity index (χ1v) is 6.99. The number of anilines is 1. The minimum absolute atomic E-state index is 0.336. The lowest BCUT2D eigenvalue weighted by atomic mass is 10.1. The van der Waals surface area contributed by atoms with E-state index in [-0.39, 0.29) is 5.91 Å². The van der Waals surface area contributed by atoms with Crippen LogP contribution in [0.1, 0.15) is 10.9 Å². The molecule has 0 saturated carbocycles. The van der Waals surface area contributed by atoms with Crippen molar-refractivity contribution in [3.8, 4) is 0 Å². The highest BCUT2D eigenvalue weighted by atomic mass is 79.9. The SMILES string of the molecule is O=C(Nc1cc(Cl)cnc1Br)C(Cl)c1ccccc1. The van der Waals surface area contributed by atoms with Crippen LogP contribution in [0, 0.1) is 0 Å². The molecule has 1 aromatic carbocycles. The van der Waals surface area contributed by atoms with E-state index in [0.29, 0.717) is 15.3 Å². The summed E-state index contributed by atoms with van der Waals surface area (Å²) in [5.74, 6) is -0.336. The van der Waals surface area contributed by atoms with E-state index in [1.165, 1.54) is 6.20 Å². The molecular formula is C13H9BrCl2N2O. The zero-order valence-corrected chi connectivity index (χ0v) is 12.7. The minimum Gasteiger partial charge on any atom is -0.322 e. The van der Waals surface area contributed by atoms with E-state index >= 15 is 0 Å². The summed E-state index contributed by atoms with van der Waals surface area (Å²) < 4.78 is 0.502. The summed E-state index contributed by atoms with van der Waals surface area (Å²) in [5.41, 5.74) is 1.21. The van der Waals surface area contributed by atoms with E-state index in [2.05, 4.69) is 26.2 Å². The number of aromatic nitrogens is 1. The van der Waals surface area contributed by atoms with Crippen LogP contribution in [0.5, 0.6) is 0 Å². The van der Waals surface area contributed by atoms with Gasteiger partial charge in [0.25, 0.3) is 0 Å². The fourth-order valence-electron chi connectivity index (χ4n) is 1.48. The summed E-state index contributed by atoms with van der Waals surface area (Å²) >= 11 is 15.2. The number of pyridine rings is 1. The molecule has 19 heavy (non-hydrogen) atoms. The van der Waals surface area contributed by atoms with Crippen molar-refractivity contribution in [2.45, 2.75) is 5.38 Å². The number of hydrogen-bond donors (Lipinski definition) is 1. The molecule has 1 amide bonds. The van der Waals surface area contributed by atoms with Crippen molar-refractivity contribution in [3.63, 3.8) is 0 Å². The smallest absolute Gasteiger partial charge is 0.247 e. The lowest BCUT2D eigenvalue weighted by Crippen LogP contribution is -2.17. The maximum Gasteiger partial charge on any atom is 0.247 e. The summed E-state index contributed by atoms with van der Waals surface area (Å²) in [4.78, 5) is 16.0. The molecule has 0 aliphatic rings. The Kier molecular flexibility index (Phi) is 4.80. The highest BCUT2D eigenvalue weighted by Crippen LogP contribution is 2.26. The Balaban J connectivity index is 2.15. The van der Waals surface area contributed by atoms with Crippen LogP contribution in [0.2, 0.25) is 5.02 Å². The Bertz CT molecular complexity index is 592. The number of nitrogens with zero attached hydrogens (tertiary/aromatic N) is 1. The van der Waals surface area contributed by atoms with Crippen LogP contribution < -0.4 is 5.32 Å². The third-order valence-electron chi connectivity index (χ3n) is 2.39. The third-order valence-corrected chi connectivity index (χ3v) is 3.67. The van der Waals surface area contributed by atoms with Crippen LogP contribution in [0.3, 0.4) is 0 Å². The van der Waals surface area contributed by atoms with Gasteiger partial charge in [-0.15, -0.1) is 11.6 Å². The molecule has 0 radical (unpaired) electrons. The summed E-state index contributed by atoms with van der Waals surface area (Å²) in [7, 11) is 0. The van der Waals surface area contributed by atoms with Crippen molar-refractivity contribution in [1.29, 1.82) is 0 Å². The largest absolute Gasteiger partial charge is 0.322 e. The number of halogens is 3. The number of hydrogen-bond acceptors (Lipinski definition) is 2. The molecule has 3 nitrogen and oxygen atoms in total. The molecule has 6 heteroatoms. The van der Waals surface area contributed by atoms with Crippen LogP contribution >= 0.6 is 39.1 Å². The van der Waals surface area contributed by atoms with E-state index < -0.39 is 5.38 Å². The molecule has 98 valence electrons. The Morgan fingerprint density at radius 3 is 2.68 bits per heavy atom. The average molecular weight is 360 g/mol. The summed E-state index contributed by atoms with van der Waals surface area (Å²) in [6, 6.07) is 10.7. The van der Waals surface area contributed by atoms with Crippen molar-refractivity contribution < 1.29 is 4.79 Å². The Morgan fingerprint density at radius 1 is 1.32 bits per heavy atom. The molecule has 1 N–H and O–H groups in total. The molecule has 1 heterocycles. The van der Waals surface area contributed by atoms with Gasteiger partial charge in [0.05, 0.1) is 10.7 Å². The summed E-state index contributed by atoms with van der Waals surface area (Å²) in [5, 5.41) is 2.35. The molecule has 1 atom stereocenters. The van der Waals surface area contributed by atoms with Gasteiger partial charge in [-0.05, 0) is 27.6 Å². The van der Waals surface area contributed by atoms with Crippen molar-refractivity contribution in [2.75, 3.05) is 5.32 Å². The fourth-order valence-corrected chi connectivity index (χ4v) is 2.15. The molecule has 0 aliphatic heterocycles. The number of benzene rings is 1. The number of nitrogens with one attached hydrogen (secondary N) is 1. The number of alkyl halides is 1. The van der Waals surface area contributed by atoms with Crippen LogP contribution in [0.15, 0.2) is 47.2 Å². The lowest BCUT2D eigenvalue weighted by molar-refractivity contribution is -0.116. The first kappa shape index (κ1) is 14.3. The normalized spacial score (nSPS) is 11.9. The van der Waals surface area contributed by atoms with Gasteiger partial charge in [-0.1, -0.05) is 41.9 Å². The maximum absolute atomic E-state index is 12.0. The van der Waals surface area contributed by atoms with E-state index in [4.69, 9.17) is 23.2 Å². The predicted molar refractivity (Wildman–Crippen MR) is 80.6 cm³/mol. The van der Waals surface area contributed by atoms with Gasteiger partial charge >= 0.3 is 0 Å². The van der Waals surface area contributed by atoms with Gasteiger partial charge in [0.2, 0.25) is 5.91 Å². The average Bonchev–Trinajstić information content (AvgIpc) is 2.43. The summed E-state index contributed by atoms with van der Waals surface area (Å²) in [6.45, 7) is 0. The molecule has 1 aromatic heterocycles. The third kappa shape index (κ3) is 3.69. The van der Waals surface area contributed by atoms with Gasteiger partial charge in [-0.3, -0.25) is 4.79 Å². The van der Waals surface area contributed by atoms with E-state index in [1.54, 1.807) is 18.2 Å². The van der Waals surface area contributed by atoms with Gasteiger partial charge in [0, 0.05) is 6.20 Å². The number of carbonyl (C=O) groups excluding carboxylic acids is 1. The molecule has 0 aliphatic carbocycles. The standard InChI is InChI=1S/C13H9BrCl2N2O/c14-12-10(6-9(15)7-17-12)18-13(19)11(16)8-4-2-1-3-5-8/h1-7,11H,(H,18,19). The Morgan fingerprint density at radius 2 is 2.00 bits per heavy atom. The quantitative estimate of drug-likeness (QED) is 0.651. The van der Waals surface area contributed by atoms with Crippen LogP contribution in [-0.4, -0.2) is 10.9 Å². The van der Waals surface area contributed by atoms with E-state index in [1.807, 2.05) is 18.2 Å². The zero-order valence-electron chi connectivity index (χ0n) is 9.61. The van der Waals surface area contributed by atoms with Gasteiger partial charge < -0.3 is 5.32 Å². The first-order valence-electron chi connectivity index (χ1n) is 5.39. The minimum atomic E-state index is -0.771. The second-order valence-electron chi connectivity index (χ2n) is 3.75. The molecule has 0 fully saturated rings. The first-order chi connectivity index (χ1) is 9.08. The highest BCUT2D eigenvalue weighted by Gasteiger charge is 2.18. The van der Waals surface area contributed by atoms with Crippen molar-refractivity contribution in [1.82, 2.24) is 4.98 Å². The van der Waals surface area contributed by atoms with Crippen molar-refractivity contribution in [2.24, 2.45) is 0 Å². The second kappa shape index (κ2) is 6.37. The second-order valence-corrected chi connectivity index (χ2v) is 5.38. The molecule has 0 bridgehead atoms. The molecule has 0 saturated heterocycles. The van der Waals surface area contributed by atoms with Gasteiger partial charge in [0.1, 0.15) is 9.98 Å². The topological polar surface area (TPSA) is 42.0 Å². The molecule has 2 rings (SSSR count). The summed E-state index contributed by atoms with van der Waals surface area (Å²) in [6.07, 6.45) is 1.48. The van der Waals surface area contributed by atoms with Crippen molar-refractivity contribution >= 4 is 50.7 Å². The van der Waals surface area contributed by atoms with Crippen LogP contribution in [0.25, 0.3) is 0 Å². The van der Waals surface area contributed by atoms with Gasteiger partial charge in [-0.25, -0.2) is 4.98 Å².